The highest BCUT2D eigenvalue weighted by atomic mass is 32.2. The van der Waals surface area contributed by atoms with E-state index in [1.54, 1.807) is 18.5 Å². The van der Waals surface area contributed by atoms with E-state index in [-0.39, 0.29) is 11.5 Å². The van der Waals surface area contributed by atoms with Crippen molar-refractivity contribution in [1.82, 2.24) is 19.5 Å². The van der Waals surface area contributed by atoms with Gasteiger partial charge in [0.15, 0.2) is 0 Å². The molecular formula is C10H14N4O3S2. The molecule has 1 unspecified atom stereocenters. The van der Waals surface area contributed by atoms with E-state index in [1.165, 1.54) is 29.1 Å². The van der Waals surface area contributed by atoms with E-state index in [1.807, 2.05) is 0 Å². The lowest BCUT2D eigenvalue weighted by molar-refractivity contribution is 0.285. The molecule has 0 saturated carbocycles. The monoisotopic (exact) mass is 302 g/mol. The van der Waals surface area contributed by atoms with Crippen LogP contribution in [0.4, 0.5) is 0 Å². The summed E-state index contributed by atoms with van der Waals surface area (Å²) in [6.45, 7) is 1.53. The van der Waals surface area contributed by atoms with Crippen LogP contribution < -0.4 is 4.72 Å². The Balaban J connectivity index is 2.20. The predicted molar refractivity (Wildman–Crippen MR) is 70.0 cm³/mol. The number of nitrogens with one attached hydrogen (secondary N) is 1. The van der Waals surface area contributed by atoms with E-state index < -0.39 is 16.1 Å². The number of aryl methyl sites for hydroxylation is 1. The molecule has 2 aromatic rings. The lowest BCUT2D eigenvalue weighted by atomic mass is 10.3. The maximum atomic E-state index is 12.1. The van der Waals surface area contributed by atoms with E-state index in [4.69, 9.17) is 5.11 Å². The molecule has 1 atom stereocenters. The summed E-state index contributed by atoms with van der Waals surface area (Å²) in [5.74, 6) is 0.529. The highest BCUT2D eigenvalue weighted by Crippen LogP contribution is 2.21. The van der Waals surface area contributed by atoms with Gasteiger partial charge < -0.3 is 9.67 Å². The lowest BCUT2D eigenvalue weighted by Gasteiger charge is -2.12. The number of aliphatic hydroxyl groups excluding tert-OH is 1. The maximum absolute atomic E-state index is 12.1. The van der Waals surface area contributed by atoms with Gasteiger partial charge in [-0.2, -0.15) is 0 Å². The second kappa shape index (κ2) is 5.37. The molecule has 0 aliphatic rings. The fourth-order valence-corrected chi connectivity index (χ4v) is 3.96. The van der Waals surface area contributed by atoms with Gasteiger partial charge in [-0.25, -0.2) is 13.1 Å². The summed E-state index contributed by atoms with van der Waals surface area (Å²) in [4.78, 5) is 0.752. The van der Waals surface area contributed by atoms with Crippen LogP contribution in [0, 0.1) is 0 Å². The van der Waals surface area contributed by atoms with Gasteiger partial charge in [0.2, 0.25) is 10.0 Å². The Bertz CT molecular complexity index is 662. The molecule has 2 heterocycles. The number of aliphatic hydroxyl groups is 1. The molecule has 0 fully saturated rings. The van der Waals surface area contributed by atoms with Gasteiger partial charge in [-0.3, -0.25) is 0 Å². The number of nitrogens with zero attached hydrogens (tertiary/aromatic N) is 3. The molecule has 0 spiro atoms. The van der Waals surface area contributed by atoms with Crippen LogP contribution >= 0.6 is 11.3 Å². The zero-order chi connectivity index (χ0) is 14.0. The molecule has 2 rings (SSSR count). The fourth-order valence-electron chi connectivity index (χ4n) is 1.62. The van der Waals surface area contributed by atoms with E-state index >= 15 is 0 Å². The molecule has 0 aliphatic carbocycles. The molecule has 0 aliphatic heterocycles. The van der Waals surface area contributed by atoms with E-state index in [0.717, 1.165) is 0 Å². The molecule has 2 aromatic heterocycles. The molecule has 0 radical (unpaired) electrons. The first kappa shape index (κ1) is 14.1. The number of hydrogen-bond donors (Lipinski definition) is 2. The van der Waals surface area contributed by atoms with Gasteiger partial charge in [0.1, 0.15) is 12.2 Å². The molecule has 7 nitrogen and oxygen atoms in total. The lowest BCUT2D eigenvalue weighted by Crippen LogP contribution is -2.28. The maximum Gasteiger partial charge on any atom is 0.242 e. The van der Waals surface area contributed by atoms with Gasteiger partial charge >= 0.3 is 0 Å². The summed E-state index contributed by atoms with van der Waals surface area (Å²) in [5, 5.41) is 18.0. The summed E-state index contributed by atoms with van der Waals surface area (Å²) in [6, 6.07) is 0.964. The molecule has 0 amide bonds. The van der Waals surface area contributed by atoms with Crippen molar-refractivity contribution in [2.24, 2.45) is 7.05 Å². The first-order chi connectivity index (χ1) is 8.94. The molecule has 0 bridgehead atoms. The van der Waals surface area contributed by atoms with Crippen molar-refractivity contribution in [1.29, 1.82) is 0 Å². The number of rotatable bonds is 5. The van der Waals surface area contributed by atoms with Crippen molar-refractivity contribution < 1.29 is 13.5 Å². The average Bonchev–Trinajstić information content (AvgIpc) is 2.96. The molecule has 104 valence electrons. The summed E-state index contributed by atoms with van der Waals surface area (Å²) < 4.78 is 28.4. The minimum atomic E-state index is -3.62. The first-order valence-corrected chi connectivity index (χ1v) is 7.85. The summed E-state index contributed by atoms with van der Waals surface area (Å²) in [7, 11) is -1.88. The third-order valence-corrected chi connectivity index (χ3v) is 5.15. The van der Waals surface area contributed by atoms with Crippen LogP contribution in [0.5, 0.6) is 0 Å². The minimum absolute atomic E-state index is 0.149. The fraction of sp³-hybridized carbons (Fsp3) is 0.400. The number of sulfonamides is 1. The van der Waals surface area contributed by atoms with E-state index in [0.29, 0.717) is 10.7 Å². The standard InChI is InChI=1S/C10H14N4O3S2/c1-7(10-12-11-6-14(10)2)13-19(16,17)9-3-8(4-15)18-5-9/h3,5-7,13,15H,4H2,1-2H3. The smallest absolute Gasteiger partial charge is 0.242 e. The predicted octanol–water partition coefficient (Wildman–Crippen LogP) is 0.408. The molecule has 0 saturated heterocycles. The quantitative estimate of drug-likeness (QED) is 0.833. The number of aromatic nitrogens is 3. The number of thiophene rings is 1. The van der Waals surface area contributed by atoms with Crippen LogP contribution in [0.3, 0.4) is 0 Å². The third-order valence-electron chi connectivity index (χ3n) is 2.56. The van der Waals surface area contributed by atoms with Gasteiger partial charge in [0, 0.05) is 17.3 Å². The van der Waals surface area contributed by atoms with Crippen molar-refractivity contribution in [2.45, 2.75) is 24.5 Å². The molecule has 2 N–H and O–H groups in total. The topological polar surface area (TPSA) is 97.1 Å². The Morgan fingerprint density at radius 3 is 2.84 bits per heavy atom. The summed E-state index contributed by atoms with van der Waals surface area (Å²) >= 11 is 1.20. The van der Waals surface area contributed by atoms with Crippen LogP contribution in [0.1, 0.15) is 23.7 Å². The minimum Gasteiger partial charge on any atom is -0.391 e. The van der Waals surface area contributed by atoms with Gasteiger partial charge in [-0.05, 0) is 13.0 Å². The number of hydrogen-bond acceptors (Lipinski definition) is 6. The van der Waals surface area contributed by atoms with Crippen molar-refractivity contribution in [3.63, 3.8) is 0 Å². The Labute approximate surface area is 115 Å². The van der Waals surface area contributed by atoms with Gasteiger partial charge in [0.25, 0.3) is 0 Å². The van der Waals surface area contributed by atoms with Crippen molar-refractivity contribution >= 4 is 21.4 Å². The zero-order valence-corrected chi connectivity index (χ0v) is 12.1. The highest BCUT2D eigenvalue weighted by Gasteiger charge is 2.22. The molecule has 0 aromatic carbocycles. The van der Waals surface area contributed by atoms with E-state index in [2.05, 4.69) is 14.9 Å². The normalized spacial score (nSPS) is 13.6. The second-order valence-corrected chi connectivity index (χ2v) is 6.76. The highest BCUT2D eigenvalue weighted by molar-refractivity contribution is 7.89. The van der Waals surface area contributed by atoms with Crippen molar-refractivity contribution in [3.05, 3.63) is 28.5 Å². The SMILES string of the molecule is CC(NS(=O)(=O)c1csc(CO)c1)c1nncn1C. The van der Waals surface area contributed by atoms with E-state index in [9.17, 15) is 8.42 Å². The zero-order valence-electron chi connectivity index (χ0n) is 10.4. The summed E-state index contributed by atoms with van der Waals surface area (Å²) in [5.41, 5.74) is 0. The van der Waals surface area contributed by atoms with Gasteiger partial charge in [0.05, 0.1) is 17.5 Å². The van der Waals surface area contributed by atoms with Crippen LogP contribution in [0.15, 0.2) is 22.7 Å². The van der Waals surface area contributed by atoms with Crippen LogP contribution in [-0.2, 0) is 23.7 Å². The second-order valence-electron chi connectivity index (χ2n) is 4.05. The Kier molecular flexibility index (Phi) is 3.99. The molecule has 19 heavy (non-hydrogen) atoms. The Morgan fingerprint density at radius 2 is 2.32 bits per heavy atom. The largest absolute Gasteiger partial charge is 0.391 e. The molecule has 9 heteroatoms. The van der Waals surface area contributed by atoms with Crippen molar-refractivity contribution in [3.8, 4) is 0 Å². The van der Waals surface area contributed by atoms with Crippen LogP contribution in [-0.4, -0.2) is 28.3 Å². The van der Waals surface area contributed by atoms with Crippen LogP contribution in [0.2, 0.25) is 0 Å². The third kappa shape index (κ3) is 3.00. The van der Waals surface area contributed by atoms with Crippen molar-refractivity contribution in [2.75, 3.05) is 0 Å². The van der Waals surface area contributed by atoms with Gasteiger partial charge in [-0.15, -0.1) is 21.5 Å². The Morgan fingerprint density at radius 1 is 1.58 bits per heavy atom. The average molecular weight is 302 g/mol. The van der Waals surface area contributed by atoms with Crippen LogP contribution in [0.25, 0.3) is 0 Å². The Hall–Kier alpha value is -1.29. The summed E-state index contributed by atoms with van der Waals surface area (Å²) in [6.07, 6.45) is 1.51. The van der Waals surface area contributed by atoms with Gasteiger partial charge in [-0.1, -0.05) is 0 Å². The first-order valence-electron chi connectivity index (χ1n) is 5.48. The molecular weight excluding hydrogens is 288 g/mol.